The summed E-state index contributed by atoms with van der Waals surface area (Å²) in [5.74, 6) is 1.06. The lowest BCUT2D eigenvalue weighted by Gasteiger charge is -2.39. The zero-order chi connectivity index (χ0) is 18.6. The van der Waals surface area contributed by atoms with Crippen molar-refractivity contribution < 1.29 is 14.3 Å². The summed E-state index contributed by atoms with van der Waals surface area (Å²) < 4.78 is 6.34. The van der Waals surface area contributed by atoms with Crippen molar-refractivity contribution in [2.75, 3.05) is 26.2 Å². The van der Waals surface area contributed by atoms with Crippen molar-refractivity contribution >= 4 is 11.8 Å². The highest BCUT2D eigenvalue weighted by Gasteiger charge is 2.39. The second kappa shape index (κ2) is 8.42. The van der Waals surface area contributed by atoms with Crippen LogP contribution < -0.4 is 0 Å². The van der Waals surface area contributed by atoms with Crippen molar-refractivity contribution in [1.82, 2.24) is 9.80 Å². The van der Waals surface area contributed by atoms with Gasteiger partial charge in [0.1, 0.15) is 6.10 Å². The molecule has 3 fully saturated rings. The summed E-state index contributed by atoms with van der Waals surface area (Å²) in [6.45, 7) is 2.91. The first-order chi connectivity index (χ1) is 13.2. The number of piperidine rings is 1. The molecule has 0 bridgehead atoms. The van der Waals surface area contributed by atoms with Gasteiger partial charge in [0.2, 0.25) is 11.8 Å². The SMILES string of the molecule is O=C1CCCCN1CCCC(=O)N1C[C@@H](c2ccccc2)O[C@@H](C2CC2)C1. The maximum Gasteiger partial charge on any atom is 0.222 e. The summed E-state index contributed by atoms with van der Waals surface area (Å²) in [5.41, 5.74) is 1.15. The number of carbonyl (C=O) groups excluding carboxylic acids is 2. The van der Waals surface area contributed by atoms with Crippen LogP contribution in [0.15, 0.2) is 30.3 Å². The van der Waals surface area contributed by atoms with E-state index < -0.39 is 0 Å². The highest BCUT2D eigenvalue weighted by Crippen LogP contribution is 2.39. The minimum Gasteiger partial charge on any atom is -0.366 e. The van der Waals surface area contributed by atoms with Crippen LogP contribution in [-0.4, -0.2) is 53.9 Å². The van der Waals surface area contributed by atoms with Gasteiger partial charge in [0.05, 0.1) is 12.6 Å². The van der Waals surface area contributed by atoms with E-state index in [1.54, 1.807) is 0 Å². The van der Waals surface area contributed by atoms with Crippen LogP contribution in [0.2, 0.25) is 0 Å². The van der Waals surface area contributed by atoms with Gasteiger partial charge in [0.15, 0.2) is 0 Å². The molecule has 146 valence electrons. The average molecular weight is 370 g/mol. The fourth-order valence-electron chi connectivity index (χ4n) is 4.25. The molecule has 27 heavy (non-hydrogen) atoms. The maximum atomic E-state index is 12.9. The van der Waals surface area contributed by atoms with Gasteiger partial charge in [0.25, 0.3) is 0 Å². The van der Waals surface area contributed by atoms with Crippen molar-refractivity contribution in [1.29, 1.82) is 0 Å². The molecule has 4 rings (SSSR count). The van der Waals surface area contributed by atoms with E-state index in [1.807, 2.05) is 28.0 Å². The molecule has 2 saturated heterocycles. The second-order valence-corrected chi connectivity index (χ2v) is 8.15. The van der Waals surface area contributed by atoms with Crippen molar-refractivity contribution in [2.24, 2.45) is 5.92 Å². The Hall–Kier alpha value is -1.88. The Morgan fingerprint density at radius 2 is 1.93 bits per heavy atom. The van der Waals surface area contributed by atoms with Gasteiger partial charge in [-0.15, -0.1) is 0 Å². The fraction of sp³-hybridized carbons (Fsp3) is 0.636. The van der Waals surface area contributed by atoms with Crippen LogP contribution in [0.5, 0.6) is 0 Å². The zero-order valence-electron chi connectivity index (χ0n) is 16.0. The summed E-state index contributed by atoms with van der Waals surface area (Å²) in [6, 6.07) is 10.2. The second-order valence-electron chi connectivity index (χ2n) is 8.15. The molecule has 2 heterocycles. The fourth-order valence-corrected chi connectivity index (χ4v) is 4.25. The van der Waals surface area contributed by atoms with E-state index >= 15 is 0 Å². The Bertz CT molecular complexity index is 659. The number of likely N-dealkylation sites (tertiary alicyclic amines) is 1. The Kier molecular flexibility index (Phi) is 5.77. The molecule has 1 saturated carbocycles. The van der Waals surface area contributed by atoms with Crippen LogP contribution in [0.25, 0.3) is 0 Å². The smallest absolute Gasteiger partial charge is 0.222 e. The lowest BCUT2D eigenvalue weighted by Crippen LogP contribution is -2.47. The lowest BCUT2D eigenvalue weighted by atomic mass is 10.0. The van der Waals surface area contributed by atoms with E-state index in [-0.39, 0.29) is 24.0 Å². The Labute approximate surface area is 161 Å². The number of carbonyl (C=O) groups is 2. The average Bonchev–Trinajstić information content (AvgIpc) is 3.55. The predicted octanol–water partition coefficient (Wildman–Crippen LogP) is 3.16. The summed E-state index contributed by atoms with van der Waals surface area (Å²) in [6.07, 6.45) is 6.59. The topological polar surface area (TPSA) is 49.9 Å². The lowest BCUT2D eigenvalue weighted by molar-refractivity contribution is -0.148. The number of morpholine rings is 1. The number of hydrogen-bond donors (Lipinski definition) is 0. The molecule has 0 radical (unpaired) electrons. The molecule has 0 aromatic heterocycles. The molecular weight excluding hydrogens is 340 g/mol. The van der Waals surface area contributed by atoms with E-state index in [1.165, 1.54) is 12.8 Å². The van der Waals surface area contributed by atoms with Crippen LogP contribution in [0, 0.1) is 5.92 Å². The van der Waals surface area contributed by atoms with Crippen LogP contribution in [0.4, 0.5) is 0 Å². The third-order valence-electron chi connectivity index (χ3n) is 6.04. The molecule has 0 N–H and O–H groups in total. The number of amides is 2. The third kappa shape index (κ3) is 4.70. The van der Waals surface area contributed by atoms with E-state index in [9.17, 15) is 9.59 Å². The van der Waals surface area contributed by atoms with Gasteiger partial charge in [0, 0.05) is 32.5 Å². The van der Waals surface area contributed by atoms with Gasteiger partial charge in [-0.3, -0.25) is 9.59 Å². The predicted molar refractivity (Wildman–Crippen MR) is 103 cm³/mol. The molecule has 0 spiro atoms. The largest absolute Gasteiger partial charge is 0.366 e. The number of ether oxygens (including phenoxy) is 1. The van der Waals surface area contributed by atoms with Gasteiger partial charge in [-0.25, -0.2) is 0 Å². The van der Waals surface area contributed by atoms with Crippen LogP contribution >= 0.6 is 0 Å². The van der Waals surface area contributed by atoms with Crippen LogP contribution in [0.1, 0.15) is 56.6 Å². The van der Waals surface area contributed by atoms with Crippen molar-refractivity contribution in [3.63, 3.8) is 0 Å². The molecule has 2 atom stereocenters. The number of nitrogens with zero attached hydrogens (tertiary/aromatic N) is 2. The quantitative estimate of drug-likeness (QED) is 0.773. The minimum absolute atomic E-state index is 0.0295. The first-order valence-electron chi connectivity index (χ1n) is 10.5. The molecule has 1 aliphatic carbocycles. The number of benzene rings is 1. The minimum atomic E-state index is -0.0295. The summed E-state index contributed by atoms with van der Waals surface area (Å²) in [5, 5.41) is 0. The zero-order valence-corrected chi connectivity index (χ0v) is 16.0. The highest BCUT2D eigenvalue weighted by molar-refractivity contribution is 5.77. The van der Waals surface area contributed by atoms with Gasteiger partial charge < -0.3 is 14.5 Å². The van der Waals surface area contributed by atoms with Gasteiger partial charge >= 0.3 is 0 Å². The molecule has 3 aliphatic rings. The first kappa shape index (κ1) is 18.5. The normalized spacial score (nSPS) is 26.3. The summed E-state index contributed by atoms with van der Waals surface area (Å²) in [7, 11) is 0. The van der Waals surface area contributed by atoms with Crippen LogP contribution in [0.3, 0.4) is 0 Å². The van der Waals surface area contributed by atoms with E-state index in [2.05, 4.69) is 12.1 Å². The van der Waals surface area contributed by atoms with E-state index in [4.69, 9.17) is 4.74 Å². The third-order valence-corrected chi connectivity index (χ3v) is 6.04. The van der Waals surface area contributed by atoms with Gasteiger partial charge in [-0.1, -0.05) is 30.3 Å². The van der Waals surface area contributed by atoms with E-state index in [0.717, 1.165) is 37.9 Å². The van der Waals surface area contributed by atoms with Crippen molar-refractivity contribution in [2.45, 2.75) is 57.2 Å². The molecule has 2 aliphatic heterocycles. The molecule has 1 aromatic rings. The Morgan fingerprint density at radius 3 is 2.67 bits per heavy atom. The van der Waals surface area contributed by atoms with Crippen molar-refractivity contribution in [3.05, 3.63) is 35.9 Å². The Morgan fingerprint density at radius 1 is 1.11 bits per heavy atom. The van der Waals surface area contributed by atoms with Gasteiger partial charge in [-0.2, -0.15) is 0 Å². The number of hydrogen-bond acceptors (Lipinski definition) is 3. The molecule has 5 heteroatoms. The first-order valence-corrected chi connectivity index (χ1v) is 10.5. The molecular formula is C22H30N2O3. The molecule has 5 nitrogen and oxygen atoms in total. The number of rotatable bonds is 6. The summed E-state index contributed by atoms with van der Waals surface area (Å²) in [4.78, 5) is 28.7. The molecule has 1 aromatic carbocycles. The van der Waals surface area contributed by atoms with E-state index in [0.29, 0.717) is 31.8 Å². The molecule has 0 unspecified atom stereocenters. The van der Waals surface area contributed by atoms with Crippen LogP contribution in [-0.2, 0) is 14.3 Å². The van der Waals surface area contributed by atoms with Crippen molar-refractivity contribution in [3.8, 4) is 0 Å². The standard InChI is InChI=1S/C22H30N2O3/c25-21-9-4-5-13-23(21)14-6-10-22(26)24-15-19(17-7-2-1-3-8-17)27-20(16-24)18-11-12-18/h1-3,7-8,18-20H,4-6,9-16H2/t19-,20+/m0/s1. The highest BCUT2D eigenvalue weighted by atomic mass is 16.5. The molecule has 2 amide bonds. The maximum absolute atomic E-state index is 12.9. The Balaban J connectivity index is 1.33. The van der Waals surface area contributed by atoms with Gasteiger partial charge in [-0.05, 0) is 43.6 Å². The monoisotopic (exact) mass is 370 g/mol. The summed E-state index contributed by atoms with van der Waals surface area (Å²) >= 11 is 0.